The first-order chi connectivity index (χ1) is 11.7. The quantitative estimate of drug-likeness (QED) is 0.613. The van der Waals surface area contributed by atoms with E-state index in [0.29, 0.717) is 5.56 Å². The Morgan fingerprint density at radius 1 is 1.24 bits per heavy atom. The molecular formula is C16H14F4N2O2S. The third-order valence-corrected chi connectivity index (χ3v) is 3.89. The third-order valence-electron chi connectivity index (χ3n) is 3.17. The van der Waals surface area contributed by atoms with Gasteiger partial charge in [-0.2, -0.15) is 13.2 Å². The van der Waals surface area contributed by atoms with Crippen LogP contribution in [0, 0.1) is 5.82 Å². The zero-order valence-electron chi connectivity index (χ0n) is 13.0. The molecule has 0 aliphatic carbocycles. The fourth-order valence-electron chi connectivity index (χ4n) is 2.03. The van der Waals surface area contributed by atoms with Crippen LogP contribution in [0.1, 0.15) is 5.56 Å². The van der Waals surface area contributed by atoms with E-state index in [0.717, 1.165) is 23.1 Å². The molecule has 2 rings (SSSR count). The lowest BCUT2D eigenvalue weighted by Gasteiger charge is -2.19. The minimum absolute atomic E-state index is 0.0453. The number of halogens is 4. The maximum atomic E-state index is 14.0. The van der Waals surface area contributed by atoms with Gasteiger partial charge in [0.1, 0.15) is 11.6 Å². The highest BCUT2D eigenvalue weighted by Crippen LogP contribution is 2.38. The highest BCUT2D eigenvalue weighted by Gasteiger charge is 2.29. The molecular weight excluding hydrogens is 360 g/mol. The maximum Gasteiger partial charge on any atom is 0.446 e. The minimum atomic E-state index is -4.52. The van der Waals surface area contributed by atoms with Gasteiger partial charge in [-0.15, -0.1) is 0 Å². The Morgan fingerprint density at radius 2 is 1.96 bits per heavy atom. The molecule has 0 unspecified atom stereocenters. The van der Waals surface area contributed by atoms with Crippen molar-refractivity contribution in [1.29, 1.82) is 0 Å². The SMILES string of the molecule is CN(C(=O)NCc1cccc(O)c1)c1ccc(SC(F)(F)F)cc1F. The summed E-state index contributed by atoms with van der Waals surface area (Å²) in [6.07, 6.45) is 0. The largest absolute Gasteiger partial charge is 0.508 e. The number of amides is 2. The van der Waals surface area contributed by atoms with Gasteiger partial charge in [-0.1, -0.05) is 12.1 Å². The molecule has 0 fully saturated rings. The number of rotatable bonds is 4. The summed E-state index contributed by atoms with van der Waals surface area (Å²) in [6.45, 7) is 0.0984. The molecule has 2 aromatic rings. The molecule has 0 aliphatic rings. The Kier molecular flexibility index (Phi) is 5.78. The number of alkyl halides is 3. The van der Waals surface area contributed by atoms with E-state index in [1.54, 1.807) is 12.1 Å². The van der Waals surface area contributed by atoms with E-state index in [4.69, 9.17) is 0 Å². The molecule has 2 N–H and O–H groups in total. The molecule has 25 heavy (non-hydrogen) atoms. The van der Waals surface area contributed by atoms with Crippen molar-refractivity contribution < 1.29 is 27.5 Å². The van der Waals surface area contributed by atoms with Gasteiger partial charge in [0.15, 0.2) is 0 Å². The molecule has 0 aliphatic heterocycles. The monoisotopic (exact) mass is 374 g/mol. The first-order valence-corrected chi connectivity index (χ1v) is 7.82. The topological polar surface area (TPSA) is 52.6 Å². The zero-order valence-corrected chi connectivity index (χ0v) is 13.8. The van der Waals surface area contributed by atoms with Gasteiger partial charge in [0.25, 0.3) is 0 Å². The number of nitrogens with one attached hydrogen (secondary N) is 1. The summed E-state index contributed by atoms with van der Waals surface area (Å²) in [7, 11) is 1.30. The highest BCUT2D eigenvalue weighted by atomic mass is 32.2. The molecule has 4 nitrogen and oxygen atoms in total. The summed E-state index contributed by atoms with van der Waals surface area (Å²) in [4.78, 5) is 12.7. The van der Waals surface area contributed by atoms with Crippen molar-refractivity contribution in [2.45, 2.75) is 16.9 Å². The lowest BCUT2D eigenvalue weighted by atomic mass is 10.2. The first kappa shape index (κ1) is 18.9. The zero-order chi connectivity index (χ0) is 18.6. The molecule has 0 saturated carbocycles. The maximum absolute atomic E-state index is 14.0. The van der Waals surface area contributed by atoms with Gasteiger partial charge in [-0.25, -0.2) is 9.18 Å². The van der Waals surface area contributed by atoms with E-state index in [9.17, 15) is 27.5 Å². The van der Waals surface area contributed by atoms with Crippen LogP contribution in [0.5, 0.6) is 5.75 Å². The van der Waals surface area contributed by atoms with E-state index >= 15 is 0 Å². The Hall–Kier alpha value is -2.42. The number of phenolic OH excluding ortho intramolecular Hbond substituents is 1. The number of phenols is 1. The Labute approximate surface area is 145 Å². The van der Waals surface area contributed by atoms with Crippen molar-refractivity contribution in [2.75, 3.05) is 11.9 Å². The molecule has 134 valence electrons. The van der Waals surface area contributed by atoms with Crippen LogP contribution in [0.3, 0.4) is 0 Å². The summed E-state index contributed by atoms with van der Waals surface area (Å²) < 4.78 is 50.9. The fourth-order valence-corrected chi connectivity index (χ4v) is 2.59. The smallest absolute Gasteiger partial charge is 0.446 e. The Bertz CT molecular complexity index is 768. The molecule has 0 atom stereocenters. The number of urea groups is 1. The van der Waals surface area contributed by atoms with Crippen LogP contribution in [0.4, 0.5) is 28.0 Å². The van der Waals surface area contributed by atoms with Crippen LogP contribution in [0.15, 0.2) is 47.4 Å². The van der Waals surface area contributed by atoms with Crippen LogP contribution in [0.2, 0.25) is 0 Å². The third kappa shape index (κ3) is 5.56. The Balaban J connectivity index is 2.03. The fraction of sp³-hybridized carbons (Fsp3) is 0.188. The molecule has 0 heterocycles. The second kappa shape index (κ2) is 7.64. The van der Waals surface area contributed by atoms with Crippen LogP contribution in [0.25, 0.3) is 0 Å². The molecule has 2 amide bonds. The van der Waals surface area contributed by atoms with Crippen molar-refractivity contribution in [3.8, 4) is 5.75 Å². The highest BCUT2D eigenvalue weighted by molar-refractivity contribution is 8.00. The van der Waals surface area contributed by atoms with E-state index in [1.807, 2.05) is 0 Å². The second-order valence-corrected chi connectivity index (χ2v) is 6.19. The minimum Gasteiger partial charge on any atom is -0.508 e. The lowest BCUT2D eigenvalue weighted by Crippen LogP contribution is -2.37. The Morgan fingerprint density at radius 3 is 2.56 bits per heavy atom. The lowest BCUT2D eigenvalue weighted by molar-refractivity contribution is -0.0328. The van der Waals surface area contributed by atoms with Gasteiger partial charge in [0, 0.05) is 18.5 Å². The van der Waals surface area contributed by atoms with E-state index in [-0.39, 0.29) is 22.9 Å². The van der Waals surface area contributed by atoms with Crippen molar-refractivity contribution in [3.05, 3.63) is 53.8 Å². The molecule has 0 radical (unpaired) electrons. The van der Waals surface area contributed by atoms with E-state index in [2.05, 4.69) is 5.32 Å². The number of aromatic hydroxyl groups is 1. The predicted octanol–water partition coefficient (Wildman–Crippen LogP) is 4.49. The van der Waals surface area contributed by atoms with Crippen molar-refractivity contribution in [2.24, 2.45) is 0 Å². The van der Waals surface area contributed by atoms with Crippen molar-refractivity contribution in [1.82, 2.24) is 5.32 Å². The summed E-state index contributed by atoms with van der Waals surface area (Å²) in [6, 6.07) is 8.52. The molecule has 9 heteroatoms. The number of anilines is 1. The van der Waals surface area contributed by atoms with Gasteiger partial charge in [-0.05, 0) is 47.7 Å². The van der Waals surface area contributed by atoms with Gasteiger partial charge >= 0.3 is 11.5 Å². The van der Waals surface area contributed by atoms with Crippen molar-refractivity contribution in [3.63, 3.8) is 0 Å². The first-order valence-electron chi connectivity index (χ1n) is 7.00. The normalized spacial score (nSPS) is 11.2. The van der Waals surface area contributed by atoms with Crippen LogP contribution < -0.4 is 10.2 Å². The van der Waals surface area contributed by atoms with E-state index < -0.39 is 29.1 Å². The van der Waals surface area contributed by atoms with Gasteiger partial charge in [0.2, 0.25) is 0 Å². The van der Waals surface area contributed by atoms with E-state index in [1.165, 1.54) is 19.2 Å². The average Bonchev–Trinajstić information content (AvgIpc) is 2.50. The van der Waals surface area contributed by atoms with Crippen LogP contribution >= 0.6 is 11.8 Å². The second-order valence-electron chi connectivity index (χ2n) is 5.05. The van der Waals surface area contributed by atoms with Crippen molar-refractivity contribution >= 4 is 23.5 Å². The molecule has 2 aromatic carbocycles. The standard InChI is InChI=1S/C16H14F4N2O2S/c1-22(15(24)21-9-10-3-2-4-11(23)7-10)14-6-5-12(8-13(14)17)25-16(18,19)20/h2-8,23H,9H2,1H3,(H,21,24). The van der Waals surface area contributed by atoms with Crippen LogP contribution in [-0.4, -0.2) is 23.7 Å². The average molecular weight is 374 g/mol. The summed E-state index contributed by atoms with van der Waals surface area (Å²) in [5, 5.41) is 11.9. The molecule has 0 aromatic heterocycles. The molecule has 0 saturated heterocycles. The number of benzene rings is 2. The molecule has 0 spiro atoms. The summed E-state index contributed by atoms with van der Waals surface area (Å²) in [5.41, 5.74) is -4.03. The van der Waals surface area contributed by atoms with Gasteiger partial charge < -0.3 is 10.4 Å². The predicted molar refractivity (Wildman–Crippen MR) is 87.1 cm³/mol. The molecule has 0 bridgehead atoms. The van der Waals surface area contributed by atoms with Gasteiger partial charge in [0.05, 0.1) is 5.69 Å². The number of thioether (sulfide) groups is 1. The van der Waals surface area contributed by atoms with Gasteiger partial charge in [-0.3, -0.25) is 4.90 Å². The number of hydrogen-bond donors (Lipinski definition) is 2. The summed E-state index contributed by atoms with van der Waals surface area (Å²) in [5.74, 6) is -0.895. The number of carbonyl (C=O) groups is 1. The number of hydrogen-bond acceptors (Lipinski definition) is 3. The summed E-state index contributed by atoms with van der Waals surface area (Å²) >= 11 is -0.430. The van der Waals surface area contributed by atoms with Crippen LogP contribution in [-0.2, 0) is 6.54 Å². The number of carbonyl (C=O) groups excluding carboxylic acids is 1. The number of nitrogens with zero attached hydrogens (tertiary/aromatic N) is 1.